The second-order valence-electron chi connectivity index (χ2n) is 9.90. The highest BCUT2D eigenvalue weighted by Gasteiger charge is 2.30. The summed E-state index contributed by atoms with van der Waals surface area (Å²) in [6, 6.07) is 10.2. The molecular weight excluding hydrogens is 523 g/mol. The maximum atomic E-state index is 13.5. The number of likely N-dealkylation sites (tertiary alicyclic amines) is 1. The van der Waals surface area contributed by atoms with Crippen LogP contribution in [0.3, 0.4) is 0 Å². The molecule has 1 aromatic carbocycles. The van der Waals surface area contributed by atoms with Gasteiger partial charge in [0.15, 0.2) is 0 Å². The molecule has 0 unspecified atom stereocenters. The molecule has 0 bridgehead atoms. The standard InChI is InChI=1S/C28H32F3N7O2/c1-36(2)26(39)17-37-13-10-19(11-14-37)35-23-6-3-7-25-22(23)15-21(38(25)18-28(29,30)31)5-4-12-33-20-8-9-24(27(32)40)34-16-20/h3,6-9,15-16,19,33,35H,10-14,17-18H2,1-2H3,(H2,32,40). The normalized spacial score (nSPS) is 14.4. The van der Waals surface area contributed by atoms with Gasteiger partial charge in [-0.05, 0) is 49.1 Å². The monoisotopic (exact) mass is 555 g/mol. The Morgan fingerprint density at radius 1 is 1.18 bits per heavy atom. The fourth-order valence-corrected chi connectivity index (χ4v) is 4.58. The minimum absolute atomic E-state index is 0.0590. The Balaban J connectivity index is 1.49. The van der Waals surface area contributed by atoms with E-state index >= 15 is 0 Å². The zero-order chi connectivity index (χ0) is 28.9. The highest BCUT2D eigenvalue weighted by Crippen LogP contribution is 2.31. The topological polar surface area (TPSA) is 109 Å². The molecule has 0 radical (unpaired) electrons. The number of carbonyl (C=O) groups excluding carboxylic acids is 2. The number of rotatable bonds is 8. The molecule has 0 saturated carbocycles. The van der Waals surface area contributed by atoms with Crippen LogP contribution in [0, 0.1) is 11.8 Å². The average molecular weight is 556 g/mol. The summed E-state index contributed by atoms with van der Waals surface area (Å²) < 4.78 is 41.7. The van der Waals surface area contributed by atoms with Crippen LogP contribution in [0.15, 0.2) is 42.6 Å². The van der Waals surface area contributed by atoms with Crippen LogP contribution in [-0.2, 0) is 11.3 Å². The SMILES string of the molecule is CN(C)C(=O)CN1CCC(Nc2cccc3c2cc(C#CCNc2ccc(C(N)=O)nc2)n3CC(F)(F)F)CC1. The van der Waals surface area contributed by atoms with E-state index in [0.29, 0.717) is 23.1 Å². The number of nitrogens with one attached hydrogen (secondary N) is 2. The van der Waals surface area contributed by atoms with Crippen LogP contribution in [0.2, 0.25) is 0 Å². The second-order valence-corrected chi connectivity index (χ2v) is 9.90. The largest absolute Gasteiger partial charge is 0.406 e. The highest BCUT2D eigenvalue weighted by molar-refractivity contribution is 5.94. The van der Waals surface area contributed by atoms with Gasteiger partial charge < -0.3 is 25.8 Å². The van der Waals surface area contributed by atoms with Gasteiger partial charge in [0.2, 0.25) is 5.91 Å². The summed E-state index contributed by atoms with van der Waals surface area (Å²) >= 11 is 0. The molecule has 1 fully saturated rings. The summed E-state index contributed by atoms with van der Waals surface area (Å²) in [7, 11) is 3.47. The van der Waals surface area contributed by atoms with E-state index < -0.39 is 18.6 Å². The smallest absolute Gasteiger partial charge is 0.382 e. The summed E-state index contributed by atoms with van der Waals surface area (Å²) in [6.07, 6.45) is -1.36. The molecule has 2 amide bonds. The molecule has 9 nitrogen and oxygen atoms in total. The number of anilines is 2. The van der Waals surface area contributed by atoms with E-state index in [9.17, 15) is 22.8 Å². The molecule has 2 aromatic heterocycles. The van der Waals surface area contributed by atoms with E-state index in [4.69, 9.17) is 5.73 Å². The van der Waals surface area contributed by atoms with E-state index in [1.807, 2.05) is 6.07 Å². The third kappa shape index (κ3) is 7.45. The number of amides is 2. The molecule has 212 valence electrons. The van der Waals surface area contributed by atoms with Crippen LogP contribution < -0.4 is 16.4 Å². The lowest BCUT2D eigenvalue weighted by atomic mass is 10.0. The van der Waals surface area contributed by atoms with E-state index in [-0.39, 0.29) is 29.9 Å². The van der Waals surface area contributed by atoms with Crippen LogP contribution in [0.25, 0.3) is 10.9 Å². The summed E-state index contributed by atoms with van der Waals surface area (Å²) in [5.74, 6) is 5.17. The number of benzene rings is 1. The first-order valence-corrected chi connectivity index (χ1v) is 12.9. The van der Waals surface area contributed by atoms with Gasteiger partial charge in [-0.25, -0.2) is 4.98 Å². The van der Waals surface area contributed by atoms with Gasteiger partial charge in [0.1, 0.15) is 12.2 Å². The predicted octanol–water partition coefficient (Wildman–Crippen LogP) is 3.13. The van der Waals surface area contributed by atoms with Crippen molar-refractivity contribution in [1.29, 1.82) is 0 Å². The maximum absolute atomic E-state index is 13.5. The van der Waals surface area contributed by atoms with Crippen molar-refractivity contribution in [3.63, 3.8) is 0 Å². The number of piperidine rings is 1. The van der Waals surface area contributed by atoms with Gasteiger partial charge in [-0.15, -0.1) is 0 Å². The minimum Gasteiger partial charge on any atom is -0.382 e. The predicted molar refractivity (Wildman–Crippen MR) is 148 cm³/mol. The molecule has 1 aliphatic heterocycles. The molecule has 3 heterocycles. The third-order valence-corrected chi connectivity index (χ3v) is 6.70. The zero-order valence-electron chi connectivity index (χ0n) is 22.4. The molecule has 0 spiro atoms. The maximum Gasteiger partial charge on any atom is 0.406 e. The summed E-state index contributed by atoms with van der Waals surface area (Å²) in [6.45, 7) is 0.890. The van der Waals surface area contributed by atoms with Gasteiger partial charge >= 0.3 is 6.18 Å². The van der Waals surface area contributed by atoms with E-state index in [0.717, 1.165) is 31.6 Å². The number of pyridine rings is 1. The van der Waals surface area contributed by atoms with Crippen LogP contribution in [0.1, 0.15) is 29.0 Å². The molecule has 4 N–H and O–H groups in total. The van der Waals surface area contributed by atoms with Crippen LogP contribution in [-0.4, -0.2) is 83.7 Å². The molecule has 1 saturated heterocycles. The van der Waals surface area contributed by atoms with Gasteiger partial charge in [0.25, 0.3) is 5.91 Å². The number of nitrogens with zero attached hydrogens (tertiary/aromatic N) is 4. The number of alkyl halides is 3. The first-order chi connectivity index (χ1) is 19.0. The van der Waals surface area contributed by atoms with Crippen LogP contribution in [0.5, 0.6) is 0 Å². The Hall–Kier alpha value is -4.24. The van der Waals surface area contributed by atoms with Gasteiger partial charge in [0, 0.05) is 44.3 Å². The quantitative estimate of drug-likeness (QED) is 0.369. The molecule has 0 atom stereocenters. The van der Waals surface area contributed by atoms with Gasteiger partial charge in [-0.1, -0.05) is 12.0 Å². The summed E-state index contributed by atoms with van der Waals surface area (Å²) in [5, 5.41) is 7.18. The lowest BCUT2D eigenvalue weighted by Gasteiger charge is -2.33. The van der Waals surface area contributed by atoms with Crippen molar-refractivity contribution in [3.8, 4) is 11.8 Å². The Morgan fingerprint density at radius 3 is 2.55 bits per heavy atom. The molecule has 0 aliphatic carbocycles. The first-order valence-electron chi connectivity index (χ1n) is 12.9. The average Bonchev–Trinajstić information content (AvgIpc) is 3.24. The van der Waals surface area contributed by atoms with E-state index in [1.165, 1.54) is 16.8 Å². The van der Waals surface area contributed by atoms with Crippen molar-refractivity contribution in [2.24, 2.45) is 5.73 Å². The lowest BCUT2D eigenvalue weighted by molar-refractivity contribution is -0.140. The van der Waals surface area contributed by atoms with Gasteiger partial charge in [-0.3, -0.25) is 14.5 Å². The highest BCUT2D eigenvalue weighted by atomic mass is 19.4. The van der Waals surface area contributed by atoms with E-state index in [2.05, 4.69) is 32.4 Å². The number of halogens is 3. The van der Waals surface area contributed by atoms with Gasteiger partial charge in [0.05, 0.1) is 36.2 Å². The van der Waals surface area contributed by atoms with Crippen molar-refractivity contribution in [2.75, 3.05) is 50.9 Å². The number of likely N-dealkylation sites (N-methyl/N-ethyl adjacent to an activating group) is 1. The summed E-state index contributed by atoms with van der Waals surface area (Å²) in [4.78, 5) is 30.8. The van der Waals surface area contributed by atoms with Crippen molar-refractivity contribution >= 4 is 34.1 Å². The minimum atomic E-state index is -4.42. The van der Waals surface area contributed by atoms with Crippen LogP contribution in [0.4, 0.5) is 24.5 Å². The Morgan fingerprint density at radius 2 is 1.93 bits per heavy atom. The Kier molecular flexibility index (Phi) is 8.84. The van der Waals surface area contributed by atoms with E-state index in [1.54, 1.807) is 43.3 Å². The van der Waals surface area contributed by atoms with Crippen molar-refractivity contribution in [3.05, 3.63) is 54.0 Å². The number of carbonyl (C=O) groups is 2. The molecular formula is C28H32F3N7O2. The summed E-state index contributed by atoms with van der Waals surface area (Å²) in [5.41, 5.74) is 7.36. The third-order valence-electron chi connectivity index (χ3n) is 6.70. The zero-order valence-corrected chi connectivity index (χ0v) is 22.4. The molecule has 40 heavy (non-hydrogen) atoms. The first kappa shape index (κ1) is 28.8. The number of hydrogen-bond donors (Lipinski definition) is 3. The fourth-order valence-electron chi connectivity index (χ4n) is 4.58. The molecule has 3 aromatic rings. The number of nitrogens with two attached hydrogens (primary N) is 1. The molecule has 1 aliphatic rings. The van der Waals surface area contributed by atoms with Crippen molar-refractivity contribution in [2.45, 2.75) is 31.6 Å². The van der Waals surface area contributed by atoms with Crippen LogP contribution >= 0.6 is 0 Å². The number of hydrogen-bond acceptors (Lipinski definition) is 6. The Bertz CT molecular complexity index is 1410. The van der Waals surface area contributed by atoms with Crippen molar-refractivity contribution < 1.29 is 22.8 Å². The number of aromatic nitrogens is 2. The van der Waals surface area contributed by atoms with Gasteiger partial charge in [-0.2, -0.15) is 13.2 Å². The fraction of sp³-hybridized carbons (Fsp3) is 0.393. The molecule has 12 heteroatoms. The second kappa shape index (κ2) is 12.3. The molecule has 4 rings (SSSR count). The number of fused-ring (bicyclic) bond motifs is 1. The number of primary amides is 1. The van der Waals surface area contributed by atoms with Crippen molar-refractivity contribution in [1.82, 2.24) is 19.4 Å². The lowest BCUT2D eigenvalue weighted by Crippen LogP contribution is -2.43. The Labute approximate surface area is 230 Å².